The van der Waals surface area contributed by atoms with Crippen LogP contribution >= 0.6 is 11.6 Å². The van der Waals surface area contributed by atoms with Gasteiger partial charge in [-0.2, -0.15) is 4.98 Å². The number of hydrogen-bond donors (Lipinski definition) is 4. The van der Waals surface area contributed by atoms with Gasteiger partial charge in [0.25, 0.3) is 5.91 Å². The molecule has 0 atom stereocenters. The predicted molar refractivity (Wildman–Crippen MR) is 117 cm³/mol. The van der Waals surface area contributed by atoms with Crippen LogP contribution in [0.2, 0.25) is 5.02 Å². The molecule has 160 valence electrons. The first-order chi connectivity index (χ1) is 15.1. The Labute approximate surface area is 183 Å². The minimum Gasteiger partial charge on any atom is -0.454 e. The molecule has 0 aliphatic carbocycles. The SMILES string of the molecule is O=C(NCCCO)c1cccc(Nc2nccc(Nc3c(Cl)ccc4c3OCO4)n2)c1. The van der Waals surface area contributed by atoms with Crippen LogP contribution in [0.15, 0.2) is 48.7 Å². The fourth-order valence-electron chi connectivity index (χ4n) is 2.93. The van der Waals surface area contributed by atoms with Crippen LogP contribution < -0.4 is 25.4 Å². The van der Waals surface area contributed by atoms with Crippen LogP contribution in [0.4, 0.5) is 23.1 Å². The molecule has 0 unspecified atom stereocenters. The Morgan fingerprint density at radius 2 is 2.06 bits per heavy atom. The summed E-state index contributed by atoms with van der Waals surface area (Å²) in [6, 6.07) is 12.1. The predicted octanol–water partition coefficient (Wildman–Crippen LogP) is 3.46. The van der Waals surface area contributed by atoms with Gasteiger partial charge in [0.1, 0.15) is 11.5 Å². The highest BCUT2D eigenvalue weighted by molar-refractivity contribution is 6.33. The zero-order valence-electron chi connectivity index (χ0n) is 16.4. The molecule has 0 spiro atoms. The van der Waals surface area contributed by atoms with Gasteiger partial charge in [-0.1, -0.05) is 17.7 Å². The third kappa shape index (κ3) is 4.96. The normalized spacial score (nSPS) is 11.8. The fraction of sp³-hybridized carbons (Fsp3) is 0.190. The number of carbonyl (C=O) groups excluding carboxylic acids is 1. The monoisotopic (exact) mass is 441 g/mol. The smallest absolute Gasteiger partial charge is 0.251 e. The Kier molecular flexibility index (Phi) is 6.34. The molecule has 1 aliphatic heterocycles. The van der Waals surface area contributed by atoms with Crippen LogP contribution in [0.5, 0.6) is 11.5 Å². The number of aliphatic hydroxyl groups excluding tert-OH is 1. The van der Waals surface area contributed by atoms with Gasteiger partial charge < -0.3 is 30.5 Å². The first-order valence-electron chi connectivity index (χ1n) is 9.58. The first kappa shape index (κ1) is 20.7. The van der Waals surface area contributed by atoms with Gasteiger partial charge in [0.05, 0.1) is 5.02 Å². The molecule has 2 heterocycles. The number of nitrogens with one attached hydrogen (secondary N) is 3. The second-order valence-corrected chi connectivity index (χ2v) is 6.99. The lowest BCUT2D eigenvalue weighted by atomic mass is 10.2. The summed E-state index contributed by atoms with van der Waals surface area (Å²) in [5.41, 5.74) is 1.70. The number of benzene rings is 2. The molecular weight excluding hydrogens is 422 g/mol. The van der Waals surface area contributed by atoms with Crippen molar-refractivity contribution in [2.24, 2.45) is 0 Å². The summed E-state index contributed by atoms with van der Waals surface area (Å²) in [4.78, 5) is 20.9. The van der Waals surface area contributed by atoms with Crippen LogP contribution in [-0.2, 0) is 0 Å². The molecule has 10 heteroatoms. The number of ether oxygens (including phenoxy) is 2. The number of anilines is 4. The molecule has 9 nitrogen and oxygen atoms in total. The van der Waals surface area contributed by atoms with E-state index in [0.717, 1.165) is 0 Å². The molecule has 0 radical (unpaired) electrons. The molecular formula is C21H20ClN5O4. The number of halogens is 1. The number of rotatable bonds is 8. The van der Waals surface area contributed by atoms with Crippen LogP contribution in [0.25, 0.3) is 0 Å². The molecule has 4 rings (SSSR count). The van der Waals surface area contributed by atoms with E-state index in [1.165, 1.54) is 0 Å². The molecule has 1 aromatic heterocycles. The summed E-state index contributed by atoms with van der Waals surface area (Å²) < 4.78 is 10.9. The molecule has 1 amide bonds. The molecule has 4 N–H and O–H groups in total. The van der Waals surface area contributed by atoms with Gasteiger partial charge in [-0.25, -0.2) is 4.98 Å². The second kappa shape index (κ2) is 9.50. The van der Waals surface area contributed by atoms with Crippen LogP contribution in [0.3, 0.4) is 0 Å². The third-order valence-electron chi connectivity index (χ3n) is 4.40. The lowest BCUT2D eigenvalue weighted by Gasteiger charge is -2.12. The zero-order valence-corrected chi connectivity index (χ0v) is 17.1. The largest absolute Gasteiger partial charge is 0.454 e. The van der Waals surface area contributed by atoms with E-state index in [-0.39, 0.29) is 19.3 Å². The van der Waals surface area contributed by atoms with Gasteiger partial charge in [0.2, 0.25) is 12.7 Å². The highest BCUT2D eigenvalue weighted by atomic mass is 35.5. The quantitative estimate of drug-likeness (QED) is 0.392. The van der Waals surface area contributed by atoms with Crippen molar-refractivity contribution in [3.63, 3.8) is 0 Å². The molecule has 0 saturated carbocycles. The van der Waals surface area contributed by atoms with Crippen molar-refractivity contribution < 1.29 is 19.4 Å². The van der Waals surface area contributed by atoms with Crippen molar-refractivity contribution in [1.29, 1.82) is 0 Å². The molecule has 0 saturated heterocycles. The number of aliphatic hydroxyl groups is 1. The third-order valence-corrected chi connectivity index (χ3v) is 4.71. The van der Waals surface area contributed by atoms with E-state index in [1.54, 1.807) is 48.7 Å². The van der Waals surface area contributed by atoms with Gasteiger partial charge in [0.15, 0.2) is 11.5 Å². The molecule has 0 fully saturated rings. The number of fused-ring (bicyclic) bond motifs is 1. The minimum atomic E-state index is -0.219. The van der Waals surface area contributed by atoms with Crippen LogP contribution in [0, 0.1) is 0 Å². The van der Waals surface area contributed by atoms with Crippen LogP contribution in [0.1, 0.15) is 16.8 Å². The Hall–Kier alpha value is -3.56. The zero-order chi connectivity index (χ0) is 21.6. The summed E-state index contributed by atoms with van der Waals surface area (Å²) in [7, 11) is 0. The summed E-state index contributed by atoms with van der Waals surface area (Å²) >= 11 is 6.31. The standard InChI is InChI=1S/C21H20ClN5O4/c22-15-5-6-16-19(31-12-30-16)18(15)26-17-7-9-24-21(27-17)25-14-4-1-3-13(11-14)20(29)23-8-2-10-28/h1,3-7,9,11,28H,2,8,10,12H2,(H,23,29)(H2,24,25,26,27). The van der Waals surface area contributed by atoms with E-state index in [1.807, 2.05) is 0 Å². The second-order valence-electron chi connectivity index (χ2n) is 6.59. The maximum absolute atomic E-state index is 12.2. The minimum absolute atomic E-state index is 0.0275. The van der Waals surface area contributed by atoms with Crippen molar-refractivity contribution in [2.45, 2.75) is 6.42 Å². The first-order valence-corrected chi connectivity index (χ1v) is 9.96. The molecule has 31 heavy (non-hydrogen) atoms. The number of amides is 1. The molecule has 1 aliphatic rings. The lowest BCUT2D eigenvalue weighted by Crippen LogP contribution is -2.25. The van der Waals surface area contributed by atoms with E-state index in [9.17, 15) is 4.79 Å². The highest BCUT2D eigenvalue weighted by Gasteiger charge is 2.21. The van der Waals surface area contributed by atoms with Crippen molar-refractivity contribution in [3.05, 3.63) is 59.2 Å². The van der Waals surface area contributed by atoms with E-state index < -0.39 is 0 Å². The van der Waals surface area contributed by atoms with Gasteiger partial charge in [-0.05, 0) is 42.8 Å². The number of hydrogen-bond acceptors (Lipinski definition) is 8. The topological polar surface area (TPSA) is 118 Å². The van der Waals surface area contributed by atoms with E-state index in [0.29, 0.717) is 58.2 Å². The lowest BCUT2D eigenvalue weighted by molar-refractivity contribution is 0.0951. The van der Waals surface area contributed by atoms with Crippen LogP contribution in [-0.4, -0.2) is 40.9 Å². The molecule has 2 aromatic carbocycles. The summed E-state index contributed by atoms with van der Waals surface area (Å²) in [5, 5.41) is 18.3. The summed E-state index contributed by atoms with van der Waals surface area (Å²) in [6.07, 6.45) is 2.10. The Morgan fingerprint density at radius 1 is 1.16 bits per heavy atom. The Bertz CT molecular complexity index is 1100. The fourth-order valence-corrected chi connectivity index (χ4v) is 3.13. The van der Waals surface area contributed by atoms with Gasteiger partial charge in [-0.15, -0.1) is 0 Å². The summed E-state index contributed by atoms with van der Waals surface area (Å²) in [5.74, 6) is 1.75. The number of nitrogens with zero attached hydrogens (tertiary/aromatic N) is 2. The van der Waals surface area contributed by atoms with E-state index in [2.05, 4.69) is 25.9 Å². The average Bonchev–Trinajstić information content (AvgIpc) is 3.25. The number of carbonyl (C=O) groups is 1. The molecule has 3 aromatic rings. The van der Waals surface area contributed by atoms with Crippen molar-refractivity contribution in [2.75, 3.05) is 30.6 Å². The van der Waals surface area contributed by atoms with Crippen molar-refractivity contribution in [3.8, 4) is 11.5 Å². The van der Waals surface area contributed by atoms with Crippen molar-refractivity contribution >= 4 is 40.6 Å². The van der Waals surface area contributed by atoms with Gasteiger partial charge in [0, 0.05) is 30.6 Å². The Morgan fingerprint density at radius 3 is 2.94 bits per heavy atom. The highest BCUT2D eigenvalue weighted by Crippen LogP contribution is 2.44. The average molecular weight is 442 g/mol. The van der Waals surface area contributed by atoms with Gasteiger partial charge >= 0.3 is 0 Å². The van der Waals surface area contributed by atoms with Gasteiger partial charge in [-0.3, -0.25) is 4.79 Å². The molecule has 0 bridgehead atoms. The Balaban J connectivity index is 1.48. The summed E-state index contributed by atoms with van der Waals surface area (Å²) in [6.45, 7) is 0.564. The van der Waals surface area contributed by atoms with E-state index in [4.69, 9.17) is 26.2 Å². The maximum atomic E-state index is 12.2. The number of aromatic nitrogens is 2. The van der Waals surface area contributed by atoms with E-state index >= 15 is 0 Å². The maximum Gasteiger partial charge on any atom is 0.251 e. The van der Waals surface area contributed by atoms with Crippen molar-refractivity contribution in [1.82, 2.24) is 15.3 Å².